The average molecular weight is 787 g/mol. The Labute approximate surface area is 357 Å². The Bertz CT molecular complexity index is 3130. The fourth-order valence-corrected chi connectivity index (χ4v) is 10.3. The summed E-state index contributed by atoms with van der Waals surface area (Å²) in [6.07, 6.45) is 4.45. The van der Waals surface area contributed by atoms with E-state index in [2.05, 4.69) is 193 Å². The molecule has 0 unspecified atom stereocenters. The van der Waals surface area contributed by atoms with Crippen molar-refractivity contribution in [1.82, 2.24) is 19.3 Å². The number of fused-ring (bicyclic) bond motifs is 6. The average Bonchev–Trinajstić information content (AvgIpc) is 3.99. The Hall–Kier alpha value is -7.30. The lowest BCUT2D eigenvalue weighted by Crippen LogP contribution is -2.25. The van der Waals surface area contributed by atoms with E-state index in [0.29, 0.717) is 0 Å². The SMILES string of the molecule is CCCC1(CCC)c2cc(-c3ccc(-c4nnc(-c5ccccc5)n4-c4ccccc4)cc3)ccc2-c2ccc(-c3ccc(-n4c5ccccc5c5ccccc54)cc3)cc21. The highest BCUT2D eigenvalue weighted by Gasteiger charge is 2.42. The van der Waals surface area contributed by atoms with Gasteiger partial charge in [-0.05, 0) is 106 Å². The van der Waals surface area contributed by atoms with Crippen molar-refractivity contribution in [2.24, 2.45) is 0 Å². The van der Waals surface area contributed by atoms with Crippen molar-refractivity contribution in [3.05, 3.63) is 205 Å². The molecule has 0 spiro atoms. The molecule has 1 aliphatic carbocycles. The summed E-state index contributed by atoms with van der Waals surface area (Å²) in [5.74, 6) is 1.65. The van der Waals surface area contributed by atoms with Crippen molar-refractivity contribution >= 4 is 21.8 Å². The van der Waals surface area contributed by atoms with Gasteiger partial charge in [-0.15, -0.1) is 10.2 Å². The molecule has 61 heavy (non-hydrogen) atoms. The smallest absolute Gasteiger partial charge is 0.168 e. The van der Waals surface area contributed by atoms with E-state index in [1.807, 2.05) is 24.3 Å². The molecule has 0 N–H and O–H groups in total. The molecule has 1 aliphatic rings. The minimum absolute atomic E-state index is 0.0526. The van der Waals surface area contributed by atoms with Gasteiger partial charge >= 0.3 is 0 Å². The first-order valence-corrected chi connectivity index (χ1v) is 21.7. The zero-order valence-corrected chi connectivity index (χ0v) is 34.6. The van der Waals surface area contributed by atoms with Crippen LogP contribution >= 0.6 is 0 Å². The quantitative estimate of drug-likeness (QED) is 0.138. The predicted octanol–water partition coefficient (Wildman–Crippen LogP) is 14.9. The minimum Gasteiger partial charge on any atom is -0.309 e. The van der Waals surface area contributed by atoms with Crippen molar-refractivity contribution in [3.63, 3.8) is 0 Å². The molecule has 0 saturated heterocycles. The summed E-state index contributed by atoms with van der Waals surface area (Å²) in [5.41, 5.74) is 17.3. The van der Waals surface area contributed by atoms with Gasteiger partial charge in [0.25, 0.3) is 0 Å². The molecule has 2 heterocycles. The van der Waals surface area contributed by atoms with Crippen molar-refractivity contribution in [1.29, 1.82) is 0 Å². The molecule has 10 aromatic rings. The number of para-hydroxylation sites is 3. The molecule has 0 atom stereocenters. The third kappa shape index (κ3) is 6.04. The predicted molar refractivity (Wildman–Crippen MR) is 253 cm³/mol. The number of benzene rings is 8. The summed E-state index contributed by atoms with van der Waals surface area (Å²) in [4.78, 5) is 0. The highest BCUT2D eigenvalue weighted by molar-refractivity contribution is 6.09. The third-order valence-corrected chi connectivity index (χ3v) is 12.9. The Morgan fingerprint density at radius 3 is 1.31 bits per heavy atom. The van der Waals surface area contributed by atoms with E-state index in [-0.39, 0.29) is 5.41 Å². The zero-order chi connectivity index (χ0) is 40.9. The fraction of sp³-hybridized carbons (Fsp3) is 0.123. The lowest BCUT2D eigenvalue weighted by Gasteiger charge is -2.32. The standard InChI is InChI=1S/C57H46N4/c1-3-35-57(36-4-2)51-37-43(39-23-25-42(26-24-39)56-59-58-55(41-15-7-5-8-16-41)61(56)45-17-9-6-10-18-45)29-33-47(51)48-34-30-44(38-52(48)57)40-27-31-46(32-28-40)60-53-21-13-11-19-49(53)50-20-12-14-22-54(50)60/h5-34,37-38H,3-4,35-36H2,1-2H3. The van der Waals surface area contributed by atoms with Gasteiger partial charge < -0.3 is 4.57 Å². The summed E-state index contributed by atoms with van der Waals surface area (Å²) in [6, 6.07) is 70.6. The van der Waals surface area contributed by atoms with Crippen LogP contribution in [0, 0.1) is 0 Å². The molecule has 0 amide bonds. The largest absolute Gasteiger partial charge is 0.309 e. The first kappa shape index (κ1) is 36.8. The van der Waals surface area contributed by atoms with Gasteiger partial charge in [0.15, 0.2) is 11.6 Å². The van der Waals surface area contributed by atoms with Crippen LogP contribution in [0.2, 0.25) is 0 Å². The van der Waals surface area contributed by atoms with E-state index in [9.17, 15) is 0 Å². The van der Waals surface area contributed by atoms with Crippen LogP contribution in [0.5, 0.6) is 0 Å². The van der Waals surface area contributed by atoms with E-state index in [1.54, 1.807) is 0 Å². The van der Waals surface area contributed by atoms with E-state index in [0.717, 1.165) is 54.1 Å². The lowest BCUT2D eigenvalue weighted by molar-refractivity contribution is 0.436. The monoisotopic (exact) mass is 786 g/mol. The molecule has 0 bridgehead atoms. The van der Waals surface area contributed by atoms with Gasteiger partial charge in [-0.2, -0.15) is 0 Å². The summed E-state index contributed by atoms with van der Waals surface area (Å²) in [6.45, 7) is 4.68. The zero-order valence-electron chi connectivity index (χ0n) is 34.6. The molecule has 0 fully saturated rings. The third-order valence-electron chi connectivity index (χ3n) is 12.9. The Kier molecular flexibility index (Phi) is 9.08. The van der Waals surface area contributed by atoms with Crippen molar-refractivity contribution in [2.75, 3.05) is 0 Å². The second-order valence-electron chi connectivity index (χ2n) is 16.5. The summed E-state index contributed by atoms with van der Waals surface area (Å²) >= 11 is 0. The second kappa shape index (κ2) is 15.1. The van der Waals surface area contributed by atoms with Gasteiger partial charge in [-0.1, -0.05) is 172 Å². The minimum atomic E-state index is -0.0526. The lowest BCUT2D eigenvalue weighted by atomic mass is 9.71. The van der Waals surface area contributed by atoms with Crippen LogP contribution in [0.4, 0.5) is 0 Å². The Balaban J connectivity index is 0.944. The highest BCUT2D eigenvalue weighted by atomic mass is 15.3. The molecule has 4 nitrogen and oxygen atoms in total. The molecule has 8 aromatic carbocycles. The highest BCUT2D eigenvalue weighted by Crippen LogP contribution is 2.55. The van der Waals surface area contributed by atoms with Crippen molar-refractivity contribution in [2.45, 2.75) is 44.9 Å². The molecule has 0 aliphatic heterocycles. The number of hydrogen-bond donors (Lipinski definition) is 0. The van der Waals surface area contributed by atoms with Gasteiger partial charge in [0.2, 0.25) is 0 Å². The van der Waals surface area contributed by atoms with Gasteiger partial charge in [-0.3, -0.25) is 4.57 Å². The molecule has 2 aromatic heterocycles. The van der Waals surface area contributed by atoms with Crippen molar-refractivity contribution < 1.29 is 0 Å². The van der Waals surface area contributed by atoms with Gasteiger partial charge in [0.1, 0.15) is 0 Å². The molecule has 294 valence electrons. The van der Waals surface area contributed by atoms with Crippen LogP contribution in [0.1, 0.15) is 50.7 Å². The Morgan fingerprint density at radius 2 is 0.787 bits per heavy atom. The van der Waals surface area contributed by atoms with Crippen LogP contribution in [-0.2, 0) is 5.41 Å². The molecule has 4 heteroatoms. The van der Waals surface area contributed by atoms with Crippen LogP contribution in [-0.4, -0.2) is 19.3 Å². The van der Waals surface area contributed by atoms with Crippen LogP contribution in [0.3, 0.4) is 0 Å². The number of rotatable bonds is 10. The van der Waals surface area contributed by atoms with Gasteiger partial charge in [0.05, 0.1) is 11.0 Å². The molecular weight excluding hydrogens is 741 g/mol. The van der Waals surface area contributed by atoms with Gasteiger partial charge in [-0.25, -0.2) is 0 Å². The maximum atomic E-state index is 4.75. The van der Waals surface area contributed by atoms with E-state index >= 15 is 0 Å². The molecule has 0 saturated carbocycles. The summed E-state index contributed by atoms with van der Waals surface area (Å²) in [5, 5.41) is 12.0. The summed E-state index contributed by atoms with van der Waals surface area (Å²) in [7, 11) is 0. The van der Waals surface area contributed by atoms with E-state index < -0.39 is 0 Å². The maximum absolute atomic E-state index is 4.75. The summed E-state index contributed by atoms with van der Waals surface area (Å²) < 4.78 is 4.56. The number of aromatic nitrogens is 4. The molecule has 11 rings (SSSR count). The van der Waals surface area contributed by atoms with E-state index in [4.69, 9.17) is 10.2 Å². The Morgan fingerprint density at radius 1 is 0.377 bits per heavy atom. The van der Waals surface area contributed by atoms with Crippen LogP contribution in [0.15, 0.2) is 194 Å². The first-order valence-electron chi connectivity index (χ1n) is 21.7. The number of hydrogen-bond acceptors (Lipinski definition) is 2. The first-order chi connectivity index (χ1) is 30.1. The van der Waals surface area contributed by atoms with Crippen molar-refractivity contribution in [3.8, 4) is 67.5 Å². The topological polar surface area (TPSA) is 35.6 Å². The van der Waals surface area contributed by atoms with Gasteiger partial charge in [0, 0.05) is 38.7 Å². The second-order valence-corrected chi connectivity index (χ2v) is 16.5. The molecule has 0 radical (unpaired) electrons. The maximum Gasteiger partial charge on any atom is 0.168 e. The number of nitrogens with zero attached hydrogens (tertiary/aromatic N) is 4. The van der Waals surface area contributed by atoms with E-state index in [1.165, 1.54) is 72.0 Å². The molecular formula is C57H46N4. The van der Waals surface area contributed by atoms with Crippen LogP contribution in [0.25, 0.3) is 89.3 Å². The normalized spacial score (nSPS) is 12.8. The fourth-order valence-electron chi connectivity index (χ4n) is 10.3. The van der Waals surface area contributed by atoms with Crippen LogP contribution < -0.4 is 0 Å².